The zero-order valence-corrected chi connectivity index (χ0v) is 18.1. The number of hydrogen-bond acceptors (Lipinski definition) is 2. The van der Waals surface area contributed by atoms with Crippen molar-refractivity contribution < 1.29 is 4.79 Å². The Morgan fingerprint density at radius 2 is 1.63 bits per heavy atom. The van der Waals surface area contributed by atoms with Gasteiger partial charge in [0.1, 0.15) is 0 Å². The Morgan fingerprint density at radius 1 is 0.933 bits per heavy atom. The first-order valence-corrected chi connectivity index (χ1v) is 11.3. The van der Waals surface area contributed by atoms with Crippen LogP contribution in [0.2, 0.25) is 0 Å². The van der Waals surface area contributed by atoms with Crippen LogP contribution in [0.15, 0.2) is 48.5 Å². The van der Waals surface area contributed by atoms with E-state index in [-0.39, 0.29) is 5.91 Å². The van der Waals surface area contributed by atoms with Gasteiger partial charge in [-0.3, -0.25) is 9.69 Å². The van der Waals surface area contributed by atoms with Crippen LogP contribution < -0.4 is 0 Å². The normalized spacial score (nSPS) is 18.2. The average Bonchev–Trinajstić information content (AvgIpc) is 3.08. The molecule has 1 saturated heterocycles. The van der Waals surface area contributed by atoms with E-state index < -0.39 is 0 Å². The summed E-state index contributed by atoms with van der Waals surface area (Å²) in [6.07, 6.45) is 4.18. The fraction of sp³-hybridized carbons (Fsp3) is 0.423. The Labute approximate surface area is 179 Å². The van der Waals surface area contributed by atoms with Gasteiger partial charge in [-0.1, -0.05) is 49.4 Å². The Kier molecular flexibility index (Phi) is 5.11. The van der Waals surface area contributed by atoms with Gasteiger partial charge in [0.25, 0.3) is 5.91 Å². The van der Waals surface area contributed by atoms with Gasteiger partial charge in [0.05, 0.1) is 5.56 Å². The summed E-state index contributed by atoms with van der Waals surface area (Å²) in [5, 5.41) is 1.11. The van der Waals surface area contributed by atoms with Crippen LogP contribution in [0.5, 0.6) is 0 Å². The average molecular weight is 402 g/mol. The van der Waals surface area contributed by atoms with Crippen molar-refractivity contribution in [2.75, 3.05) is 19.6 Å². The fourth-order valence-electron chi connectivity index (χ4n) is 5.33. The number of hydrogen-bond donors (Lipinski definition) is 0. The van der Waals surface area contributed by atoms with Gasteiger partial charge in [-0.15, -0.1) is 0 Å². The first-order chi connectivity index (χ1) is 14.7. The van der Waals surface area contributed by atoms with Crippen LogP contribution in [0, 0.1) is 0 Å². The smallest absolute Gasteiger partial charge is 0.256 e. The van der Waals surface area contributed by atoms with Gasteiger partial charge in [-0.05, 0) is 36.5 Å². The Balaban J connectivity index is 1.27. The minimum Gasteiger partial charge on any atom is -0.347 e. The van der Waals surface area contributed by atoms with Gasteiger partial charge in [0.2, 0.25) is 0 Å². The summed E-state index contributed by atoms with van der Waals surface area (Å²) in [4.78, 5) is 18.2. The third-order valence-electron chi connectivity index (χ3n) is 7.13. The van der Waals surface area contributed by atoms with E-state index in [9.17, 15) is 4.79 Å². The van der Waals surface area contributed by atoms with E-state index in [0.717, 1.165) is 62.8 Å². The zero-order chi connectivity index (χ0) is 20.7. The number of nitrogens with zero attached hydrogens (tertiary/aromatic N) is 3. The lowest BCUT2D eigenvalue weighted by Gasteiger charge is -2.40. The second kappa shape index (κ2) is 7.92. The summed E-state index contributed by atoms with van der Waals surface area (Å²) in [5.41, 5.74) is 6.10. The van der Waals surface area contributed by atoms with Crippen molar-refractivity contribution in [2.45, 2.75) is 45.2 Å². The second-order valence-corrected chi connectivity index (χ2v) is 8.82. The predicted octanol–water partition coefficient (Wildman–Crippen LogP) is 4.40. The van der Waals surface area contributed by atoms with Crippen LogP contribution in [0.25, 0.3) is 10.9 Å². The van der Waals surface area contributed by atoms with Crippen molar-refractivity contribution in [2.24, 2.45) is 7.05 Å². The van der Waals surface area contributed by atoms with E-state index in [1.54, 1.807) is 0 Å². The summed E-state index contributed by atoms with van der Waals surface area (Å²) in [5.74, 6) is 0.238. The van der Waals surface area contributed by atoms with E-state index >= 15 is 0 Å². The second-order valence-electron chi connectivity index (χ2n) is 8.82. The van der Waals surface area contributed by atoms with Crippen molar-refractivity contribution in [1.29, 1.82) is 0 Å². The van der Waals surface area contributed by atoms with Crippen molar-refractivity contribution >= 4 is 16.8 Å². The molecule has 0 unspecified atom stereocenters. The fourth-order valence-corrected chi connectivity index (χ4v) is 5.33. The molecule has 2 aromatic carbocycles. The molecule has 30 heavy (non-hydrogen) atoms. The number of carbonyl (C=O) groups excluding carboxylic acids is 1. The van der Waals surface area contributed by atoms with Gasteiger partial charge in [0.15, 0.2) is 0 Å². The molecule has 3 heterocycles. The van der Waals surface area contributed by atoms with E-state index in [0.29, 0.717) is 6.04 Å². The zero-order valence-electron chi connectivity index (χ0n) is 18.1. The van der Waals surface area contributed by atoms with Crippen LogP contribution in [0.1, 0.15) is 46.9 Å². The van der Waals surface area contributed by atoms with Crippen molar-refractivity contribution in [3.05, 3.63) is 70.9 Å². The standard InChI is InChI=1S/C26H31N3O/c1-3-19-8-10-20(11-9-19)18-28-15-12-21(13-16-28)29-17-14-24-25(26(29)30)22-6-4-5-7-23(22)27(24)2/h4-11,21H,3,12-18H2,1-2H3. The number of likely N-dealkylation sites (tertiary alicyclic amines) is 1. The Morgan fingerprint density at radius 3 is 2.37 bits per heavy atom. The molecule has 1 amide bonds. The molecule has 2 aliphatic heterocycles. The Bertz CT molecular complexity index is 1060. The van der Waals surface area contributed by atoms with E-state index in [4.69, 9.17) is 0 Å². The van der Waals surface area contributed by atoms with Gasteiger partial charge < -0.3 is 9.47 Å². The van der Waals surface area contributed by atoms with Crippen LogP contribution in [-0.4, -0.2) is 46.0 Å². The minimum atomic E-state index is 0.238. The molecular formula is C26H31N3O. The summed E-state index contributed by atoms with van der Waals surface area (Å²) in [7, 11) is 2.09. The van der Waals surface area contributed by atoms with Gasteiger partial charge in [-0.2, -0.15) is 0 Å². The molecule has 4 heteroatoms. The highest BCUT2D eigenvalue weighted by molar-refractivity contribution is 6.09. The molecule has 0 atom stereocenters. The van der Waals surface area contributed by atoms with Gasteiger partial charge in [-0.25, -0.2) is 0 Å². The SMILES string of the molecule is CCc1ccc(CN2CCC(N3CCc4c(c5ccccc5n4C)C3=O)CC2)cc1. The van der Waals surface area contributed by atoms with Crippen molar-refractivity contribution in [3.8, 4) is 0 Å². The lowest BCUT2D eigenvalue weighted by Crippen LogP contribution is -2.49. The van der Waals surface area contributed by atoms with Crippen LogP contribution in [0.3, 0.4) is 0 Å². The first-order valence-electron chi connectivity index (χ1n) is 11.3. The molecule has 0 N–H and O–H groups in total. The minimum absolute atomic E-state index is 0.238. The van der Waals surface area contributed by atoms with Crippen molar-refractivity contribution in [1.82, 2.24) is 14.4 Å². The van der Waals surface area contributed by atoms with E-state index in [1.807, 2.05) is 6.07 Å². The molecule has 0 saturated carbocycles. The molecule has 0 aliphatic carbocycles. The van der Waals surface area contributed by atoms with Gasteiger partial charge in [0, 0.05) is 62.3 Å². The lowest BCUT2D eigenvalue weighted by atomic mass is 9.97. The molecule has 0 spiro atoms. The molecule has 4 nitrogen and oxygen atoms in total. The third kappa shape index (κ3) is 3.33. The number of para-hydroxylation sites is 1. The first kappa shape index (κ1) is 19.4. The molecule has 2 aliphatic rings. The Hall–Kier alpha value is -2.59. The highest BCUT2D eigenvalue weighted by Gasteiger charge is 2.35. The molecule has 1 fully saturated rings. The van der Waals surface area contributed by atoms with Crippen LogP contribution in [-0.2, 0) is 26.4 Å². The highest BCUT2D eigenvalue weighted by atomic mass is 16.2. The maximum atomic E-state index is 13.5. The molecule has 5 rings (SSSR count). The number of fused-ring (bicyclic) bond motifs is 3. The third-order valence-corrected chi connectivity index (χ3v) is 7.13. The molecule has 3 aromatic rings. The number of carbonyl (C=O) groups is 1. The predicted molar refractivity (Wildman–Crippen MR) is 122 cm³/mol. The molecule has 156 valence electrons. The summed E-state index contributed by atoms with van der Waals surface area (Å²) in [6, 6.07) is 17.7. The summed E-state index contributed by atoms with van der Waals surface area (Å²) in [6.45, 7) is 6.18. The molecule has 0 radical (unpaired) electrons. The molecule has 0 bridgehead atoms. The number of aryl methyl sites for hydroxylation is 2. The van der Waals surface area contributed by atoms with Crippen LogP contribution in [0.4, 0.5) is 0 Å². The topological polar surface area (TPSA) is 28.5 Å². The quantitative estimate of drug-likeness (QED) is 0.648. The lowest BCUT2D eigenvalue weighted by molar-refractivity contribution is 0.0546. The monoisotopic (exact) mass is 401 g/mol. The number of amides is 1. The maximum Gasteiger partial charge on any atom is 0.256 e. The number of rotatable bonds is 4. The molecule has 1 aromatic heterocycles. The van der Waals surface area contributed by atoms with Crippen molar-refractivity contribution in [3.63, 3.8) is 0 Å². The van der Waals surface area contributed by atoms with Gasteiger partial charge >= 0.3 is 0 Å². The maximum absolute atomic E-state index is 13.5. The summed E-state index contributed by atoms with van der Waals surface area (Å²) >= 11 is 0. The number of benzene rings is 2. The van der Waals surface area contributed by atoms with Crippen LogP contribution >= 0.6 is 0 Å². The molecular weight excluding hydrogens is 370 g/mol. The largest absolute Gasteiger partial charge is 0.347 e. The highest BCUT2D eigenvalue weighted by Crippen LogP contribution is 2.32. The summed E-state index contributed by atoms with van der Waals surface area (Å²) < 4.78 is 2.21. The number of aromatic nitrogens is 1. The van der Waals surface area contributed by atoms with E-state index in [1.165, 1.54) is 22.3 Å². The van der Waals surface area contributed by atoms with E-state index in [2.05, 4.69) is 70.8 Å². The number of piperidine rings is 1.